The van der Waals surface area contributed by atoms with Gasteiger partial charge in [-0.1, -0.05) is 13.0 Å². The predicted octanol–water partition coefficient (Wildman–Crippen LogP) is 2.32. The second-order valence-electron chi connectivity index (χ2n) is 8.43. The highest BCUT2D eigenvalue weighted by Crippen LogP contribution is 2.30. The number of nitrogens with zero attached hydrogens (tertiary/aromatic N) is 6. The van der Waals surface area contributed by atoms with E-state index in [0.29, 0.717) is 62.1 Å². The normalized spacial score (nSPS) is 15.8. The number of likely N-dealkylation sites (tertiary alicyclic amines) is 1. The monoisotopic (exact) mass is 469 g/mol. The molecule has 1 saturated heterocycles. The maximum Gasteiger partial charge on any atom is 0.256 e. The fraction of sp³-hybridized carbons (Fsp3) is 0.500. The van der Waals surface area contributed by atoms with Gasteiger partial charge >= 0.3 is 0 Å². The summed E-state index contributed by atoms with van der Waals surface area (Å²) in [7, 11) is 0. The zero-order valence-corrected chi connectivity index (χ0v) is 19.7. The van der Waals surface area contributed by atoms with Crippen molar-refractivity contribution in [3.05, 3.63) is 53.9 Å². The molecule has 34 heavy (non-hydrogen) atoms. The topological polar surface area (TPSA) is 87.9 Å². The highest BCUT2D eigenvalue weighted by atomic mass is 19.1. The van der Waals surface area contributed by atoms with E-state index in [1.807, 2.05) is 6.92 Å². The molecule has 2 aliphatic rings. The van der Waals surface area contributed by atoms with E-state index < -0.39 is 0 Å². The zero-order valence-electron chi connectivity index (χ0n) is 19.7. The molecule has 4 rings (SSSR count). The van der Waals surface area contributed by atoms with Crippen LogP contribution in [0.1, 0.15) is 43.1 Å². The number of ether oxygens (including phenoxy) is 1. The van der Waals surface area contributed by atoms with Gasteiger partial charge in [-0.2, -0.15) is 0 Å². The Labute approximate surface area is 199 Å². The minimum Gasteiger partial charge on any atom is -0.493 e. The molecule has 0 spiro atoms. The van der Waals surface area contributed by atoms with E-state index in [4.69, 9.17) is 4.74 Å². The standard InChI is InChI=1S/C24H32FN7O2/c1-3-5-13-32(23(33)16-30-11-6-7-12-30)29-24(31-17-27-28-22(31)4-2)26-15-19-18-10-14-34-21(18)9-8-20(19)25/h3,8-9,17H,1,4-7,10-16H2,2H3,(H,26,29). The highest BCUT2D eigenvalue weighted by Gasteiger charge is 2.23. The van der Waals surface area contributed by atoms with Crippen molar-refractivity contribution < 1.29 is 13.9 Å². The summed E-state index contributed by atoms with van der Waals surface area (Å²) in [6.45, 7) is 9.02. The number of benzene rings is 1. The quantitative estimate of drug-likeness (QED) is 0.263. The fourth-order valence-corrected chi connectivity index (χ4v) is 4.29. The lowest BCUT2D eigenvalue weighted by molar-refractivity contribution is -0.132. The summed E-state index contributed by atoms with van der Waals surface area (Å²) in [5.74, 6) is 1.38. The van der Waals surface area contributed by atoms with Gasteiger partial charge in [0, 0.05) is 37.1 Å². The molecule has 2 aliphatic heterocycles. The summed E-state index contributed by atoms with van der Waals surface area (Å²) in [4.78, 5) is 15.3. The maximum absolute atomic E-state index is 14.7. The van der Waals surface area contributed by atoms with Gasteiger partial charge in [-0.15, -0.1) is 21.9 Å². The van der Waals surface area contributed by atoms with Crippen molar-refractivity contribution in [3.8, 4) is 5.75 Å². The van der Waals surface area contributed by atoms with Crippen molar-refractivity contribution in [1.82, 2.24) is 30.0 Å². The number of rotatable bonds is 9. The van der Waals surface area contributed by atoms with Crippen LogP contribution in [0.2, 0.25) is 0 Å². The lowest BCUT2D eigenvalue weighted by atomic mass is 10.0. The zero-order chi connectivity index (χ0) is 23.9. The Hall–Kier alpha value is -3.27. The third-order valence-corrected chi connectivity index (χ3v) is 6.13. The molecule has 9 nitrogen and oxygen atoms in total. The Bertz CT molecular complexity index is 1050. The molecule has 0 radical (unpaired) electrons. The van der Waals surface area contributed by atoms with E-state index in [2.05, 4.69) is 32.1 Å². The maximum atomic E-state index is 14.7. The van der Waals surface area contributed by atoms with Crippen LogP contribution in [0.25, 0.3) is 0 Å². The molecule has 1 aromatic carbocycles. The lowest BCUT2D eigenvalue weighted by Gasteiger charge is -2.23. The molecule has 0 bridgehead atoms. The third kappa shape index (κ3) is 5.44. The molecule has 0 saturated carbocycles. The molecule has 2 aromatic rings. The number of carbonyl (C=O) groups excluding carboxylic acids is 1. The number of aromatic nitrogens is 3. The minimum absolute atomic E-state index is 0.0886. The van der Waals surface area contributed by atoms with Crippen molar-refractivity contribution in [2.24, 2.45) is 5.10 Å². The van der Waals surface area contributed by atoms with Gasteiger partial charge in [-0.05, 0) is 44.5 Å². The first-order valence-corrected chi connectivity index (χ1v) is 11.9. The number of fused-ring (bicyclic) bond motifs is 1. The molecule has 1 fully saturated rings. The number of amides is 1. The van der Waals surface area contributed by atoms with E-state index in [-0.39, 0.29) is 18.3 Å². The van der Waals surface area contributed by atoms with Gasteiger partial charge in [0.2, 0.25) is 5.96 Å². The van der Waals surface area contributed by atoms with Crippen LogP contribution < -0.4 is 10.1 Å². The van der Waals surface area contributed by atoms with Crippen molar-refractivity contribution >= 4 is 11.9 Å². The summed E-state index contributed by atoms with van der Waals surface area (Å²) in [5.41, 5.74) is 1.40. The number of aryl methyl sites for hydroxylation is 1. The summed E-state index contributed by atoms with van der Waals surface area (Å²) in [6, 6.07) is 3.09. The van der Waals surface area contributed by atoms with Crippen molar-refractivity contribution in [1.29, 1.82) is 0 Å². The Kier molecular flexibility index (Phi) is 7.89. The lowest BCUT2D eigenvalue weighted by Crippen LogP contribution is -2.40. The minimum atomic E-state index is -0.302. The summed E-state index contributed by atoms with van der Waals surface area (Å²) >= 11 is 0. The van der Waals surface area contributed by atoms with Crippen LogP contribution in [0.15, 0.2) is 36.2 Å². The van der Waals surface area contributed by atoms with Crippen molar-refractivity contribution in [2.45, 2.75) is 45.6 Å². The molecular formula is C24H32FN7O2. The predicted molar refractivity (Wildman–Crippen MR) is 127 cm³/mol. The van der Waals surface area contributed by atoms with Gasteiger partial charge in [0.1, 0.15) is 23.7 Å². The molecule has 1 N–H and O–H groups in total. The Morgan fingerprint density at radius 1 is 1.38 bits per heavy atom. The Morgan fingerprint density at radius 3 is 2.97 bits per heavy atom. The molecule has 0 atom stereocenters. The first kappa shape index (κ1) is 23.9. The van der Waals surface area contributed by atoms with Crippen molar-refractivity contribution in [3.63, 3.8) is 0 Å². The van der Waals surface area contributed by atoms with Crippen LogP contribution in [0.3, 0.4) is 0 Å². The molecule has 1 aromatic heterocycles. The number of hydrogen-bond acceptors (Lipinski definition) is 6. The molecule has 0 unspecified atom stereocenters. The van der Waals surface area contributed by atoms with Crippen LogP contribution in [-0.2, 0) is 24.2 Å². The Balaban J connectivity index is 1.62. The van der Waals surface area contributed by atoms with Crippen LogP contribution in [0, 0.1) is 5.82 Å². The first-order chi connectivity index (χ1) is 16.6. The number of halogens is 1. The van der Waals surface area contributed by atoms with Crippen LogP contribution in [0.5, 0.6) is 5.75 Å². The van der Waals surface area contributed by atoms with Gasteiger partial charge < -0.3 is 10.1 Å². The van der Waals surface area contributed by atoms with Gasteiger partial charge in [0.15, 0.2) is 0 Å². The SMILES string of the molecule is C=CCCN(/N=C(/NCc1c(F)ccc2c1CCO2)n1cnnc1CC)C(=O)CN1CCCC1. The van der Waals surface area contributed by atoms with Crippen molar-refractivity contribution in [2.75, 3.05) is 32.8 Å². The largest absolute Gasteiger partial charge is 0.493 e. The smallest absolute Gasteiger partial charge is 0.256 e. The van der Waals surface area contributed by atoms with Crippen LogP contribution >= 0.6 is 0 Å². The average Bonchev–Trinajstić information content (AvgIpc) is 3.61. The second kappa shape index (κ2) is 11.2. The molecule has 10 heteroatoms. The van der Waals surface area contributed by atoms with Crippen LogP contribution in [0.4, 0.5) is 4.39 Å². The number of carbonyl (C=O) groups is 1. The van der Waals surface area contributed by atoms with E-state index in [0.717, 1.165) is 31.5 Å². The highest BCUT2D eigenvalue weighted by molar-refractivity contribution is 5.85. The molecular weight excluding hydrogens is 437 g/mol. The van der Waals surface area contributed by atoms with Gasteiger partial charge in [0.25, 0.3) is 5.91 Å². The fourth-order valence-electron chi connectivity index (χ4n) is 4.29. The molecule has 1 amide bonds. The molecule has 182 valence electrons. The number of hydrazone groups is 1. The summed E-state index contributed by atoms with van der Waals surface area (Å²) in [6.07, 6.45) is 7.40. The number of hydrogen-bond donors (Lipinski definition) is 1. The van der Waals surface area contributed by atoms with Crippen LogP contribution in [-0.4, -0.2) is 69.3 Å². The van der Waals surface area contributed by atoms with Gasteiger partial charge in [-0.3, -0.25) is 14.3 Å². The third-order valence-electron chi connectivity index (χ3n) is 6.13. The second-order valence-corrected chi connectivity index (χ2v) is 8.43. The average molecular weight is 470 g/mol. The first-order valence-electron chi connectivity index (χ1n) is 11.9. The van der Waals surface area contributed by atoms with E-state index in [1.54, 1.807) is 23.0 Å². The van der Waals surface area contributed by atoms with Gasteiger partial charge in [0.05, 0.1) is 13.2 Å². The summed E-state index contributed by atoms with van der Waals surface area (Å²) in [5, 5.41) is 17.6. The molecule has 0 aliphatic carbocycles. The van der Waals surface area contributed by atoms with Gasteiger partial charge in [-0.25, -0.2) is 9.40 Å². The van der Waals surface area contributed by atoms with E-state index in [9.17, 15) is 9.18 Å². The summed E-state index contributed by atoms with van der Waals surface area (Å²) < 4.78 is 22.0. The van der Waals surface area contributed by atoms with E-state index in [1.165, 1.54) is 11.1 Å². The Morgan fingerprint density at radius 2 is 2.21 bits per heavy atom. The van der Waals surface area contributed by atoms with E-state index >= 15 is 0 Å². The number of nitrogens with one attached hydrogen (secondary N) is 1. The molecule has 3 heterocycles.